The lowest BCUT2D eigenvalue weighted by atomic mass is 10.1. The predicted octanol–water partition coefficient (Wildman–Crippen LogP) is 2.28. The van der Waals surface area contributed by atoms with Crippen LogP contribution in [0.3, 0.4) is 0 Å². The fourth-order valence-electron chi connectivity index (χ4n) is 3.11. The molecule has 0 atom stereocenters. The Balaban J connectivity index is 1.66. The number of carboxylic acid groups (broad SMARTS) is 1. The predicted molar refractivity (Wildman–Crippen MR) is 109 cm³/mol. The molecular formula is C23H15N2O6-. The SMILES string of the molecule is Cc1ccc(N2C(=O)NC(=O)/C(=C/c3ccc(-c4cccc(C(=O)[O-])c4)o3)C2=O)cc1. The molecule has 2 aromatic carbocycles. The Morgan fingerprint density at radius 1 is 1.03 bits per heavy atom. The number of nitrogens with one attached hydrogen (secondary N) is 1. The van der Waals surface area contributed by atoms with Crippen LogP contribution in [-0.2, 0) is 9.59 Å². The number of carbonyl (C=O) groups is 4. The van der Waals surface area contributed by atoms with Crippen LogP contribution >= 0.6 is 0 Å². The van der Waals surface area contributed by atoms with E-state index in [2.05, 4.69) is 5.32 Å². The number of barbiturate groups is 1. The van der Waals surface area contributed by atoms with Crippen LogP contribution in [0, 0.1) is 6.92 Å². The summed E-state index contributed by atoms with van der Waals surface area (Å²) in [5.41, 5.74) is 1.48. The van der Waals surface area contributed by atoms with Gasteiger partial charge in [-0.15, -0.1) is 0 Å². The molecule has 4 amide bonds. The first-order valence-electron chi connectivity index (χ1n) is 9.23. The van der Waals surface area contributed by atoms with E-state index >= 15 is 0 Å². The van der Waals surface area contributed by atoms with Gasteiger partial charge in [0.05, 0.1) is 11.7 Å². The van der Waals surface area contributed by atoms with Crippen LogP contribution in [0.4, 0.5) is 10.5 Å². The topological polar surface area (TPSA) is 120 Å². The molecule has 0 spiro atoms. The van der Waals surface area contributed by atoms with Gasteiger partial charge < -0.3 is 14.3 Å². The standard InChI is InChI=1S/C23H16N2O6/c1-13-5-7-16(8-6-13)25-21(27)18(20(26)24-23(25)30)12-17-9-10-19(31-17)14-3-2-4-15(11-14)22(28)29/h2-12H,1H3,(H,28,29)(H,24,26,30)/p-1/b18-12-. The van der Waals surface area contributed by atoms with Gasteiger partial charge in [-0.1, -0.05) is 35.9 Å². The quantitative estimate of drug-likeness (QED) is 0.516. The van der Waals surface area contributed by atoms with Crippen molar-refractivity contribution >= 4 is 35.6 Å². The largest absolute Gasteiger partial charge is 0.545 e. The summed E-state index contributed by atoms with van der Waals surface area (Å²) in [6.45, 7) is 1.87. The zero-order valence-electron chi connectivity index (χ0n) is 16.2. The Labute approximate surface area is 176 Å². The number of anilines is 1. The minimum atomic E-state index is -1.32. The van der Waals surface area contributed by atoms with Crippen LogP contribution in [0.1, 0.15) is 21.7 Å². The monoisotopic (exact) mass is 415 g/mol. The molecule has 4 rings (SSSR count). The maximum atomic E-state index is 12.9. The average Bonchev–Trinajstić information content (AvgIpc) is 3.21. The van der Waals surface area contributed by atoms with E-state index in [0.717, 1.165) is 10.5 Å². The number of carboxylic acids is 1. The Morgan fingerprint density at radius 3 is 2.48 bits per heavy atom. The van der Waals surface area contributed by atoms with Crippen molar-refractivity contribution in [2.75, 3.05) is 4.90 Å². The number of nitrogens with zero attached hydrogens (tertiary/aromatic N) is 1. The normalized spacial score (nSPS) is 15.3. The second-order valence-electron chi connectivity index (χ2n) is 6.86. The van der Waals surface area contributed by atoms with Crippen molar-refractivity contribution < 1.29 is 28.7 Å². The number of carbonyl (C=O) groups excluding carboxylic acids is 4. The fraction of sp³-hybridized carbons (Fsp3) is 0.0435. The first-order chi connectivity index (χ1) is 14.8. The smallest absolute Gasteiger partial charge is 0.335 e. The summed E-state index contributed by atoms with van der Waals surface area (Å²) < 4.78 is 5.66. The van der Waals surface area contributed by atoms with Crippen molar-refractivity contribution in [2.45, 2.75) is 6.92 Å². The fourth-order valence-corrected chi connectivity index (χ4v) is 3.11. The molecule has 1 fully saturated rings. The maximum Gasteiger partial charge on any atom is 0.335 e. The molecule has 1 aromatic heterocycles. The summed E-state index contributed by atoms with van der Waals surface area (Å²) >= 11 is 0. The molecular weight excluding hydrogens is 400 g/mol. The van der Waals surface area contributed by atoms with Crippen LogP contribution < -0.4 is 15.3 Å². The molecule has 154 valence electrons. The van der Waals surface area contributed by atoms with Crippen molar-refractivity contribution in [1.82, 2.24) is 5.32 Å². The number of urea groups is 1. The number of hydrogen-bond acceptors (Lipinski definition) is 6. The van der Waals surface area contributed by atoms with Crippen LogP contribution in [0.25, 0.3) is 17.4 Å². The number of hydrogen-bond donors (Lipinski definition) is 1. The molecule has 1 aliphatic heterocycles. The number of rotatable bonds is 4. The number of furan rings is 1. The molecule has 8 nitrogen and oxygen atoms in total. The number of amides is 4. The molecule has 0 saturated carbocycles. The maximum absolute atomic E-state index is 12.9. The van der Waals surface area contributed by atoms with Crippen molar-refractivity contribution in [3.8, 4) is 11.3 Å². The van der Waals surface area contributed by atoms with Crippen molar-refractivity contribution in [3.63, 3.8) is 0 Å². The third kappa shape index (κ3) is 3.86. The van der Waals surface area contributed by atoms with Gasteiger partial charge in [0.1, 0.15) is 17.1 Å². The van der Waals surface area contributed by atoms with E-state index in [0.29, 0.717) is 17.0 Å². The van der Waals surface area contributed by atoms with Gasteiger partial charge >= 0.3 is 6.03 Å². The lowest BCUT2D eigenvalue weighted by molar-refractivity contribution is -0.255. The molecule has 1 aliphatic rings. The molecule has 31 heavy (non-hydrogen) atoms. The van der Waals surface area contributed by atoms with E-state index in [-0.39, 0.29) is 16.9 Å². The summed E-state index contributed by atoms with van der Waals surface area (Å²) in [4.78, 5) is 49.4. The Morgan fingerprint density at radius 2 is 1.77 bits per heavy atom. The summed E-state index contributed by atoms with van der Waals surface area (Å²) in [5, 5.41) is 13.2. The molecule has 8 heteroatoms. The molecule has 3 aromatic rings. The van der Waals surface area contributed by atoms with Crippen LogP contribution in [0.2, 0.25) is 0 Å². The van der Waals surface area contributed by atoms with E-state index in [1.807, 2.05) is 6.92 Å². The van der Waals surface area contributed by atoms with E-state index in [1.54, 1.807) is 42.5 Å². The minimum Gasteiger partial charge on any atom is -0.545 e. The highest BCUT2D eigenvalue weighted by molar-refractivity contribution is 6.39. The second kappa shape index (κ2) is 7.75. The van der Waals surface area contributed by atoms with Gasteiger partial charge in [0.15, 0.2) is 0 Å². The Kier molecular flexibility index (Phi) is 4.96. The molecule has 0 bridgehead atoms. The average molecular weight is 415 g/mol. The first kappa shape index (κ1) is 19.8. The van der Waals surface area contributed by atoms with Crippen LogP contribution in [0.5, 0.6) is 0 Å². The zero-order chi connectivity index (χ0) is 22.1. The van der Waals surface area contributed by atoms with Crippen LogP contribution in [0.15, 0.2) is 70.7 Å². The van der Waals surface area contributed by atoms with E-state index in [1.165, 1.54) is 24.3 Å². The van der Waals surface area contributed by atoms with Crippen molar-refractivity contribution in [3.05, 3.63) is 83.1 Å². The summed E-state index contributed by atoms with van der Waals surface area (Å²) in [6.07, 6.45) is 1.23. The Bertz CT molecular complexity index is 1250. The third-order valence-electron chi connectivity index (χ3n) is 4.69. The number of aryl methyl sites for hydroxylation is 1. The van der Waals surface area contributed by atoms with E-state index in [9.17, 15) is 24.3 Å². The van der Waals surface area contributed by atoms with Gasteiger partial charge in [0.25, 0.3) is 11.8 Å². The van der Waals surface area contributed by atoms with Gasteiger partial charge in [-0.05, 0) is 48.9 Å². The molecule has 1 N–H and O–H groups in total. The zero-order valence-corrected chi connectivity index (χ0v) is 16.2. The molecule has 1 saturated heterocycles. The van der Waals surface area contributed by atoms with Gasteiger partial charge in [0.2, 0.25) is 0 Å². The van der Waals surface area contributed by atoms with Gasteiger partial charge in [-0.3, -0.25) is 14.9 Å². The second-order valence-corrected chi connectivity index (χ2v) is 6.86. The van der Waals surface area contributed by atoms with E-state index in [4.69, 9.17) is 4.42 Å². The highest BCUT2D eigenvalue weighted by atomic mass is 16.4. The highest BCUT2D eigenvalue weighted by Crippen LogP contribution is 2.26. The molecule has 2 heterocycles. The van der Waals surface area contributed by atoms with Gasteiger partial charge in [-0.25, -0.2) is 9.69 Å². The summed E-state index contributed by atoms with van der Waals surface area (Å²) in [6, 6.07) is 15.0. The molecule has 0 aliphatic carbocycles. The molecule has 0 radical (unpaired) electrons. The first-order valence-corrected chi connectivity index (χ1v) is 9.23. The minimum absolute atomic E-state index is 0.0112. The Hall–Kier alpha value is -4.46. The summed E-state index contributed by atoms with van der Waals surface area (Å²) in [7, 11) is 0. The number of benzene rings is 2. The van der Waals surface area contributed by atoms with Gasteiger partial charge in [0, 0.05) is 5.56 Å². The van der Waals surface area contributed by atoms with E-state index < -0.39 is 23.8 Å². The lowest BCUT2D eigenvalue weighted by Gasteiger charge is -2.26. The van der Waals surface area contributed by atoms with Gasteiger partial charge in [-0.2, -0.15) is 0 Å². The van der Waals surface area contributed by atoms with Crippen LogP contribution in [-0.4, -0.2) is 23.8 Å². The lowest BCUT2D eigenvalue weighted by Crippen LogP contribution is -2.54. The number of aromatic carboxylic acids is 1. The van der Waals surface area contributed by atoms with Crippen molar-refractivity contribution in [1.29, 1.82) is 0 Å². The summed E-state index contributed by atoms with van der Waals surface area (Å²) in [5.74, 6) is -2.42. The molecule has 0 unspecified atom stereocenters. The van der Waals surface area contributed by atoms with Crippen molar-refractivity contribution in [2.24, 2.45) is 0 Å². The highest BCUT2D eigenvalue weighted by Gasteiger charge is 2.37. The third-order valence-corrected chi connectivity index (χ3v) is 4.69. The number of imide groups is 2.